The Morgan fingerprint density at radius 1 is 0.911 bits per heavy atom. The first-order valence-corrected chi connectivity index (χ1v) is 15.0. The van der Waals surface area contributed by atoms with E-state index in [-0.39, 0.29) is 40.3 Å². The molecule has 0 atom stereocenters. The van der Waals surface area contributed by atoms with Gasteiger partial charge < -0.3 is 24.8 Å². The largest absolute Gasteiger partial charge is 0.493 e. The van der Waals surface area contributed by atoms with Crippen LogP contribution >= 0.6 is 23.4 Å². The average molecular weight is 652 g/mol. The third-order valence-corrected chi connectivity index (χ3v) is 7.65. The highest BCUT2D eigenvalue weighted by Crippen LogP contribution is 2.34. The molecule has 0 saturated carbocycles. The van der Waals surface area contributed by atoms with Gasteiger partial charge in [0.2, 0.25) is 5.91 Å². The number of benzene rings is 3. The number of esters is 1. The van der Waals surface area contributed by atoms with Crippen LogP contribution in [-0.4, -0.2) is 60.7 Å². The first-order chi connectivity index (χ1) is 21.6. The number of halogens is 1. The molecule has 234 valence electrons. The number of nitrogens with zero attached hydrogens (tertiary/aromatic N) is 1. The van der Waals surface area contributed by atoms with Crippen LogP contribution in [0.15, 0.2) is 65.6 Å². The molecule has 0 bridgehead atoms. The molecule has 3 aromatic carbocycles. The van der Waals surface area contributed by atoms with Gasteiger partial charge in [0.25, 0.3) is 17.1 Å². The van der Waals surface area contributed by atoms with Gasteiger partial charge in [-0.05, 0) is 84.8 Å². The summed E-state index contributed by atoms with van der Waals surface area (Å²) in [5.74, 6) is -1.67. The highest BCUT2D eigenvalue weighted by molar-refractivity contribution is 8.18. The predicted octanol–water partition coefficient (Wildman–Crippen LogP) is 5.78. The van der Waals surface area contributed by atoms with E-state index in [2.05, 4.69) is 10.6 Å². The lowest BCUT2D eigenvalue weighted by Crippen LogP contribution is -2.36. The molecule has 1 fully saturated rings. The zero-order valence-corrected chi connectivity index (χ0v) is 26.3. The minimum Gasteiger partial charge on any atom is -0.493 e. The average Bonchev–Trinajstić information content (AvgIpc) is 3.28. The number of aryl methyl sites for hydroxylation is 1. The van der Waals surface area contributed by atoms with Crippen molar-refractivity contribution >= 4 is 69.7 Å². The standard InChI is InChI=1S/C32H30ClN3O8S/c1-4-19-6-9-21(10-7-19)34-29(38)18-44-25-13-8-20(14-26(25)42-3)15-27-30(39)36(32(41)45-27)17-28(37)35-22-11-12-24(33)23(16-22)31(40)43-5-2/h6-16H,4-5,17-18H2,1-3H3,(H,34,38)(H,35,37)/b27-15-. The van der Waals surface area contributed by atoms with E-state index in [4.69, 9.17) is 25.8 Å². The van der Waals surface area contributed by atoms with Crippen molar-refractivity contribution in [1.82, 2.24) is 4.90 Å². The number of methoxy groups -OCH3 is 1. The number of nitrogens with one attached hydrogen (secondary N) is 2. The molecule has 1 saturated heterocycles. The van der Waals surface area contributed by atoms with Gasteiger partial charge in [0.05, 0.1) is 29.2 Å². The molecule has 3 aromatic rings. The third-order valence-electron chi connectivity index (χ3n) is 6.41. The third kappa shape index (κ3) is 8.64. The Bertz CT molecular complexity index is 1660. The lowest BCUT2D eigenvalue weighted by Gasteiger charge is -2.13. The Morgan fingerprint density at radius 3 is 2.31 bits per heavy atom. The van der Waals surface area contributed by atoms with Crippen LogP contribution in [0.2, 0.25) is 5.02 Å². The van der Waals surface area contributed by atoms with E-state index < -0.39 is 29.6 Å². The Balaban J connectivity index is 1.37. The first kappa shape index (κ1) is 33.1. The Labute approximate surface area is 268 Å². The SMILES string of the molecule is CCOC(=O)c1cc(NC(=O)CN2C(=O)S/C(=C\c3ccc(OCC(=O)Nc4ccc(CC)cc4)c(OC)c3)C2=O)ccc1Cl. The summed E-state index contributed by atoms with van der Waals surface area (Å²) in [7, 11) is 1.43. The van der Waals surface area contributed by atoms with Crippen molar-refractivity contribution in [2.45, 2.75) is 20.3 Å². The first-order valence-electron chi connectivity index (χ1n) is 13.8. The molecular weight excluding hydrogens is 622 g/mol. The van der Waals surface area contributed by atoms with Crippen molar-refractivity contribution in [2.24, 2.45) is 0 Å². The van der Waals surface area contributed by atoms with Gasteiger partial charge in [-0.15, -0.1) is 0 Å². The van der Waals surface area contributed by atoms with Crippen LogP contribution < -0.4 is 20.1 Å². The number of thioether (sulfide) groups is 1. The number of carbonyl (C=O) groups is 5. The minimum absolute atomic E-state index is 0.0678. The molecule has 0 spiro atoms. The second kappa shape index (κ2) is 15.3. The normalized spacial score (nSPS) is 13.5. The lowest BCUT2D eigenvalue weighted by molar-refractivity contribution is -0.127. The van der Waals surface area contributed by atoms with Crippen LogP contribution in [0, 0.1) is 0 Å². The molecule has 0 aliphatic carbocycles. The molecule has 1 aliphatic rings. The Hall–Kier alpha value is -4.81. The molecule has 11 nitrogen and oxygen atoms in total. The molecule has 45 heavy (non-hydrogen) atoms. The maximum absolute atomic E-state index is 13.0. The summed E-state index contributed by atoms with van der Waals surface area (Å²) in [6, 6.07) is 16.6. The number of ether oxygens (including phenoxy) is 3. The topological polar surface area (TPSA) is 140 Å². The van der Waals surface area contributed by atoms with Gasteiger partial charge in [0.15, 0.2) is 18.1 Å². The van der Waals surface area contributed by atoms with E-state index >= 15 is 0 Å². The number of imide groups is 1. The van der Waals surface area contributed by atoms with Crippen LogP contribution in [0.5, 0.6) is 11.5 Å². The van der Waals surface area contributed by atoms with Gasteiger partial charge in [-0.2, -0.15) is 0 Å². The molecule has 0 radical (unpaired) electrons. The lowest BCUT2D eigenvalue weighted by atomic mass is 10.1. The van der Waals surface area contributed by atoms with E-state index in [1.165, 1.54) is 31.4 Å². The van der Waals surface area contributed by atoms with Crippen LogP contribution in [0.25, 0.3) is 6.08 Å². The van der Waals surface area contributed by atoms with Crippen molar-refractivity contribution in [3.8, 4) is 11.5 Å². The molecule has 0 aromatic heterocycles. The molecule has 1 aliphatic heterocycles. The van der Waals surface area contributed by atoms with Crippen LogP contribution in [0.3, 0.4) is 0 Å². The fourth-order valence-corrected chi connectivity index (χ4v) is 5.19. The van der Waals surface area contributed by atoms with Crippen LogP contribution in [0.4, 0.5) is 16.2 Å². The van der Waals surface area contributed by atoms with Crippen molar-refractivity contribution in [1.29, 1.82) is 0 Å². The predicted molar refractivity (Wildman–Crippen MR) is 172 cm³/mol. The van der Waals surface area contributed by atoms with E-state index in [1.54, 1.807) is 25.1 Å². The van der Waals surface area contributed by atoms with Crippen molar-refractivity contribution in [2.75, 3.05) is 37.5 Å². The molecular formula is C32H30ClN3O8S. The number of hydrogen-bond acceptors (Lipinski definition) is 9. The second-order valence-corrected chi connectivity index (χ2v) is 10.9. The van der Waals surface area contributed by atoms with E-state index in [0.29, 0.717) is 34.5 Å². The van der Waals surface area contributed by atoms with E-state index in [1.807, 2.05) is 31.2 Å². The molecule has 13 heteroatoms. The second-order valence-electron chi connectivity index (χ2n) is 9.53. The van der Waals surface area contributed by atoms with Gasteiger partial charge in [0.1, 0.15) is 6.54 Å². The Kier molecular flexibility index (Phi) is 11.2. The maximum atomic E-state index is 13.0. The fraction of sp³-hybridized carbons (Fsp3) is 0.219. The summed E-state index contributed by atoms with van der Waals surface area (Å²) >= 11 is 6.75. The highest BCUT2D eigenvalue weighted by Gasteiger charge is 2.36. The summed E-state index contributed by atoms with van der Waals surface area (Å²) in [5.41, 5.74) is 2.65. The fourth-order valence-electron chi connectivity index (χ4n) is 4.16. The molecule has 1 heterocycles. The van der Waals surface area contributed by atoms with E-state index in [0.717, 1.165) is 16.9 Å². The number of amides is 4. The zero-order valence-electron chi connectivity index (χ0n) is 24.7. The molecule has 4 rings (SSSR count). The van der Waals surface area contributed by atoms with Gasteiger partial charge in [0, 0.05) is 11.4 Å². The number of hydrogen-bond donors (Lipinski definition) is 2. The quantitative estimate of drug-likeness (QED) is 0.184. The van der Waals surface area contributed by atoms with E-state index in [9.17, 15) is 24.0 Å². The molecule has 0 unspecified atom stereocenters. The highest BCUT2D eigenvalue weighted by atomic mass is 35.5. The Morgan fingerprint density at radius 2 is 1.62 bits per heavy atom. The smallest absolute Gasteiger partial charge is 0.339 e. The van der Waals surface area contributed by atoms with Crippen LogP contribution in [0.1, 0.15) is 35.3 Å². The van der Waals surface area contributed by atoms with Crippen molar-refractivity contribution < 1.29 is 38.2 Å². The monoisotopic (exact) mass is 651 g/mol. The van der Waals surface area contributed by atoms with Gasteiger partial charge in [-0.1, -0.05) is 36.7 Å². The van der Waals surface area contributed by atoms with Crippen LogP contribution in [-0.2, 0) is 25.5 Å². The summed E-state index contributed by atoms with van der Waals surface area (Å²) in [4.78, 5) is 63.7. The van der Waals surface area contributed by atoms with Gasteiger partial charge >= 0.3 is 5.97 Å². The molecule has 2 N–H and O–H groups in total. The van der Waals surface area contributed by atoms with Gasteiger partial charge in [-0.25, -0.2) is 4.79 Å². The number of anilines is 2. The zero-order chi connectivity index (χ0) is 32.5. The van der Waals surface area contributed by atoms with Gasteiger partial charge in [-0.3, -0.25) is 24.1 Å². The van der Waals surface area contributed by atoms with Crippen molar-refractivity contribution in [3.63, 3.8) is 0 Å². The summed E-state index contributed by atoms with van der Waals surface area (Å²) < 4.78 is 16.0. The number of carbonyl (C=O) groups excluding carboxylic acids is 5. The summed E-state index contributed by atoms with van der Waals surface area (Å²) in [5, 5.41) is 4.86. The van der Waals surface area contributed by atoms with Crippen molar-refractivity contribution in [3.05, 3.63) is 87.3 Å². The molecule has 4 amide bonds. The minimum atomic E-state index is -0.652. The summed E-state index contributed by atoms with van der Waals surface area (Å²) in [6.07, 6.45) is 2.39. The number of rotatable bonds is 12. The maximum Gasteiger partial charge on any atom is 0.339 e. The summed E-state index contributed by atoms with van der Waals surface area (Å²) in [6.45, 7) is 3.05.